The second kappa shape index (κ2) is 6.91. The number of halogens is 3. The van der Waals surface area contributed by atoms with Crippen molar-refractivity contribution in [3.8, 4) is 22.6 Å². The molecule has 4 rings (SSSR count). The number of nitrogens with one attached hydrogen (secondary N) is 2. The molecule has 1 aliphatic heterocycles. The molecule has 1 amide bonds. The summed E-state index contributed by atoms with van der Waals surface area (Å²) in [5, 5.41) is 8.63. The van der Waals surface area contributed by atoms with Gasteiger partial charge in [-0.15, -0.1) is 0 Å². The second-order valence-corrected chi connectivity index (χ2v) is 6.10. The third-order valence-corrected chi connectivity index (χ3v) is 4.20. The minimum atomic E-state index is -4.60. The van der Waals surface area contributed by atoms with Crippen molar-refractivity contribution >= 4 is 11.6 Å². The van der Waals surface area contributed by atoms with Gasteiger partial charge in [0.15, 0.2) is 11.5 Å². The van der Waals surface area contributed by atoms with Crippen LogP contribution < -0.4 is 14.8 Å². The van der Waals surface area contributed by atoms with Crippen LogP contribution in [0, 0.1) is 0 Å². The summed E-state index contributed by atoms with van der Waals surface area (Å²) in [7, 11) is 0. The van der Waals surface area contributed by atoms with Gasteiger partial charge in [-0.25, -0.2) is 0 Å². The minimum absolute atomic E-state index is 0.00651. The fraction of sp³-hybridized carbons (Fsp3) is 0.158. The Morgan fingerprint density at radius 1 is 1.18 bits per heavy atom. The first kappa shape index (κ1) is 17.9. The van der Waals surface area contributed by atoms with Gasteiger partial charge in [0.1, 0.15) is 6.61 Å². The minimum Gasteiger partial charge on any atom is -0.485 e. The van der Waals surface area contributed by atoms with Crippen LogP contribution in [0.5, 0.6) is 11.5 Å². The monoisotopic (exact) mass is 389 g/mol. The predicted molar refractivity (Wildman–Crippen MR) is 94.0 cm³/mol. The fourth-order valence-corrected chi connectivity index (χ4v) is 2.88. The molecule has 0 aliphatic carbocycles. The van der Waals surface area contributed by atoms with Crippen LogP contribution in [-0.4, -0.2) is 28.8 Å². The highest BCUT2D eigenvalue weighted by molar-refractivity contribution is 5.95. The van der Waals surface area contributed by atoms with Crippen molar-refractivity contribution in [1.82, 2.24) is 10.2 Å². The largest absolute Gasteiger partial charge is 0.485 e. The van der Waals surface area contributed by atoms with Crippen LogP contribution in [0.25, 0.3) is 11.1 Å². The van der Waals surface area contributed by atoms with Crippen molar-refractivity contribution in [2.45, 2.75) is 12.3 Å². The van der Waals surface area contributed by atoms with Gasteiger partial charge in [-0.05, 0) is 29.8 Å². The van der Waals surface area contributed by atoms with E-state index < -0.39 is 23.8 Å². The molecule has 0 bridgehead atoms. The van der Waals surface area contributed by atoms with Crippen LogP contribution in [0.4, 0.5) is 18.9 Å². The molecular formula is C19H14F3N3O3. The number of alkyl halides is 3. The third kappa shape index (κ3) is 3.51. The molecule has 1 atom stereocenters. The number of hydrogen-bond donors (Lipinski definition) is 2. The van der Waals surface area contributed by atoms with Gasteiger partial charge in [-0.3, -0.25) is 9.89 Å². The second-order valence-electron chi connectivity index (χ2n) is 6.10. The molecule has 0 radical (unpaired) electrons. The molecule has 1 unspecified atom stereocenters. The zero-order chi connectivity index (χ0) is 19.7. The van der Waals surface area contributed by atoms with E-state index in [1.165, 1.54) is 24.5 Å². The van der Waals surface area contributed by atoms with Gasteiger partial charge in [0.25, 0.3) is 5.91 Å². The molecule has 144 valence electrons. The maximum absolute atomic E-state index is 13.5. The first-order valence-corrected chi connectivity index (χ1v) is 8.31. The summed E-state index contributed by atoms with van der Waals surface area (Å²) < 4.78 is 51.5. The average molecular weight is 389 g/mol. The molecule has 28 heavy (non-hydrogen) atoms. The Bertz CT molecular complexity index is 1000. The molecule has 9 heteroatoms. The zero-order valence-corrected chi connectivity index (χ0v) is 14.3. The Kier molecular flexibility index (Phi) is 4.42. The van der Waals surface area contributed by atoms with E-state index in [4.69, 9.17) is 9.47 Å². The summed E-state index contributed by atoms with van der Waals surface area (Å²) >= 11 is 0. The number of para-hydroxylation sites is 2. The van der Waals surface area contributed by atoms with Crippen LogP contribution in [0.15, 0.2) is 54.9 Å². The lowest BCUT2D eigenvalue weighted by atomic mass is 10.0. The lowest BCUT2D eigenvalue weighted by Gasteiger charge is -2.25. The van der Waals surface area contributed by atoms with E-state index in [0.717, 1.165) is 6.07 Å². The highest BCUT2D eigenvalue weighted by Crippen LogP contribution is 2.38. The molecule has 1 aromatic heterocycles. The van der Waals surface area contributed by atoms with E-state index in [0.29, 0.717) is 17.1 Å². The highest BCUT2D eigenvalue weighted by atomic mass is 19.4. The Morgan fingerprint density at radius 3 is 2.68 bits per heavy atom. The lowest BCUT2D eigenvalue weighted by Crippen LogP contribution is -2.40. The van der Waals surface area contributed by atoms with Crippen molar-refractivity contribution in [2.75, 3.05) is 11.9 Å². The maximum atomic E-state index is 13.5. The van der Waals surface area contributed by atoms with Crippen molar-refractivity contribution < 1.29 is 27.4 Å². The quantitative estimate of drug-likeness (QED) is 0.713. The van der Waals surface area contributed by atoms with E-state index in [-0.39, 0.29) is 17.9 Å². The van der Waals surface area contributed by atoms with Crippen molar-refractivity contribution in [3.05, 3.63) is 60.4 Å². The van der Waals surface area contributed by atoms with Gasteiger partial charge in [0.05, 0.1) is 11.8 Å². The van der Waals surface area contributed by atoms with Gasteiger partial charge in [-0.2, -0.15) is 18.3 Å². The lowest BCUT2D eigenvalue weighted by molar-refractivity contribution is -0.137. The van der Waals surface area contributed by atoms with E-state index >= 15 is 0 Å². The van der Waals surface area contributed by atoms with Crippen molar-refractivity contribution in [3.63, 3.8) is 0 Å². The molecule has 1 aliphatic rings. The van der Waals surface area contributed by atoms with E-state index in [1.54, 1.807) is 24.3 Å². The van der Waals surface area contributed by atoms with Crippen LogP contribution in [0.1, 0.15) is 5.56 Å². The smallest absolute Gasteiger partial charge is 0.417 e. The number of fused-ring (bicyclic) bond motifs is 1. The van der Waals surface area contributed by atoms with Crippen LogP contribution in [-0.2, 0) is 11.0 Å². The number of aromatic nitrogens is 2. The molecule has 2 heterocycles. The standard InChI is InChI=1S/C19H14F3N3O3/c20-19(21,22)14-7-12(5-6-13(14)11-8-23-24-9-11)25-18(26)17-10-27-15-3-1-2-4-16(15)28-17/h1-9,17H,10H2,(H,23,24)(H,25,26). The Balaban J connectivity index is 1.56. The fourth-order valence-electron chi connectivity index (χ4n) is 2.88. The number of carbonyl (C=O) groups is 1. The molecule has 2 aromatic carbocycles. The first-order valence-electron chi connectivity index (χ1n) is 8.31. The van der Waals surface area contributed by atoms with Gasteiger partial charge < -0.3 is 14.8 Å². The molecule has 0 saturated carbocycles. The van der Waals surface area contributed by atoms with Gasteiger partial charge in [0, 0.05) is 17.4 Å². The summed E-state index contributed by atoms with van der Waals surface area (Å²) in [6.07, 6.45) is -2.91. The number of anilines is 1. The normalized spacial score (nSPS) is 15.9. The number of aromatic amines is 1. The number of amides is 1. The number of nitrogens with zero attached hydrogens (tertiary/aromatic N) is 1. The Labute approximate surface area is 157 Å². The summed E-state index contributed by atoms with van der Waals surface area (Å²) in [5.74, 6) is 0.314. The maximum Gasteiger partial charge on any atom is 0.417 e. The molecule has 2 N–H and O–H groups in total. The van der Waals surface area contributed by atoms with Crippen LogP contribution in [0.3, 0.4) is 0 Å². The molecule has 6 nitrogen and oxygen atoms in total. The van der Waals surface area contributed by atoms with Gasteiger partial charge in [0.2, 0.25) is 6.10 Å². The first-order chi connectivity index (χ1) is 13.4. The number of carbonyl (C=O) groups excluding carboxylic acids is 1. The molecule has 3 aromatic rings. The molecular weight excluding hydrogens is 375 g/mol. The van der Waals surface area contributed by atoms with Crippen LogP contribution >= 0.6 is 0 Å². The SMILES string of the molecule is O=C(Nc1ccc(-c2cn[nH]c2)c(C(F)(F)F)c1)C1COc2ccccc2O1. The number of ether oxygens (including phenoxy) is 2. The van der Waals surface area contributed by atoms with E-state index in [9.17, 15) is 18.0 Å². The van der Waals surface area contributed by atoms with Gasteiger partial charge >= 0.3 is 6.18 Å². The Morgan fingerprint density at radius 2 is 1.96 bits per heavy atom. The summed E-state index contributed by atoms with van der Waals surface area (Å²) in [5.41, 5.74) is -0.610. The number of H-pyrrole nitrogens is 1. The van der Waals surface area contributed by atoms with Gasteiger partial charge in [-0.1, -0.05) is 18.2 Å². The predicted octanol–water partition coefficient (Wildman–Crippen LogP) is 3.87. The summed E-state index contributed by atoms with van der Waals surface area (Å²) in [6, 6.07) is 10.4. The Hall–Kier alpha value is -3.49. The average Bonchev–Trinajstić information content (AvgIpc) is 3.21. The molecule has 0 spiro atoms. The van der Waals surface area contributed by atoms with E-state index in [2.05, 4.69) is 15.5 Å². The van der Waals surface area contributed by atoms with Crippen LogP contribution in [0.2, 0.25) is 0 Å². The summed E-state index contributed by atoms with van der Waals surface area (Å²) in [4.78, 5) is 12.4. The topological polar surface area (TPSA) is 76.2 Å². The third-order valence-electron chi connectivity index (χ3n) is 4.20. The number of rotatable bonds is 3. The zero-order valence-electron chi connectivity index (χ0n) is 14.3. The highest BCUT2D eigenvalue weighted by Gasteiger charge is 2.35. The summed E-state index contributed by atoms with van der Waals surface area (Å²) in [6.45, 7) is -0.0396. The number of hydrogen-bond acceptors (Lipinski definition) is 4. The molecule has 0 fully saturated rings. The van der Waals surface area contributed by atoms with Crippen molar-refractivity contribution in [1.29, 1.82) is 0 Å². The molecule has 0 saturated heterocycles. The van der Waals surface area contributed by atoms with Crippen molar-refractivity contribution in [2.24, 2.45) is 0 Å². The number of benzene rings is 2. The van der Waals surface area contributed by atoms with E-state index in [1.807, 2.05) is 0 Å².